The van der Waals surface area contributed by atoms with E-state index < -0.39 is 0 Å². The highest BCUT2D eigenvalue weighted by Gasteiger charge is 2.18. The second kappa shape index (κ2) is 10.6. The molecule has 1 aliphatic heterocycles. The largest absolute Gasteiger partial charge is 0.508 e. The maximum atomic E-state index is 10.6. The number of hydrogen-bond donors (Lipinski definition) is 2. The minimum atomic E-state index is 0.336. The van der Waals surface area contributed by atoms with E-state index >= 15 is 0 Å². The number of halogens is 1. The summed E-state index contributed by atoms with van der Waals surface area (Å²) < 4.78 is 0. The second-order valence-electron chi connectivity index (χ2n) is 10.1. The summed E-state index contributed by atoms with van der Waals surface area (Å²) in [6.07, 6.45) is 0. The summed E-state index contributed by atoms with van der Waals surface area (Å²) in [5, 5.41) is 17.0. The van der Waals surface area contributed by atoms with Gasteiger partial charge in [-0.3, -0.25) is 9.80 Å². The van der Waals surface area contributed by atoms with Crippen LogP contribution in [0, 0.1) is 6.92 Å². The molecule has 0 radical (unpaired) electrons. The molecule has 1 saturated heterocycles. The molecule has 0 atom stereocenters. The molecule has 0 saturated carbocycles. The smallest absolute Gasteiger partial charge is 0.120 e. The molecule has 7 heteroatoms. The zero-order chi connectivity index (χ0) is 25.2. The number of pyridine rings is 1. The molecular formula is C29H34ClN5O. The molecule has 188 valence electrons. The second-order valence-corrected chi connectivity index (χ2v) is 10.5. The van der Waals surface area contributed by atoms with Crippen molar-refractivity contribution in [1.82, 2.24) is 19.7 Å². The number of fused-ring (bicyclic) bond motifs is 2. The molecule has 2 heterocycles. The third-order valence-corrected chi connectivity index (χ3v) is 7.20. The number of aryl methyl sites for hydroxylation is 1. The first kappa shape index (κ1) is 24.8. The van der Waals surface area contributed by atoms with E-state index in [0.717, 1.165) is 84.6 Å². The fourth-order valence-corrected chi connectivity index (χ4v) is 5.02. The van der Waals surface area contributed by atoms with Crippen LogP contribution in [-0.4, -0.2) is 78.2 Å². The van der Waals surface area contributed by atoms with Gasteiger partial charge in [0, 0.05) is 72.9 Å². The number of anilines is 2. The molecule has 0 unspecified atom stereocenters. The lowest BCUT2D eigenvalue weighted by atomic mass is 10.0. The standard InChI is InChI=1S/C29H34ClN5O/c1-20-4-8-26-25(16-20)29(24-7-5-22(30)18-27(24)32-26)31-23-6-9-28(36)21(17-23)19-35-14-12-34(13-15-35)11-10-33(2)3/h4-9,16-18,36H,10-15,19H2,1-3H3,(H,31,32). The van der Waals surface area contributed by atoms with E-state index in [4.69, 9.17) is 16.6 Å². The Morgan fingerprint density at radius 2 is 1.69 bits per heavy atom. The summed E-state index contributed by atoms with van der Waals surface area (Å²) in [5.41, 5.74) is 5.83. The predicted octanol–water partition coefficient (Wildman–Crippen LogP) is 5.48. The fraction of sp³-hybridized carbons (Fsp3) is 0.345. The fourth-order valence-electron chi connectivity index (χ4n) is 4.85. The number of nitrogens with zero attached hydrogens (tertiary/aromatic N) is 4. The van der Waals surface area contributed by atoms with Crippen LogP contribution in [0.2, 0.25) is 5.02 Å². The van der Waals surface area contributed by atoms with Crippen LogP contribution >= 0.6 is 11.6 Å². The first-order valence-electron chi connectivity index (χ1n) is 12.5. The van der Waals surface area contributed by atoms with Gasteiger partial charge in [-0.15, -0.1) is 0 Å². The monoisotopic (exact) mass is 503 g/mol. The third kappa shape index (κ3) is 5.57. The van der Waals surface area contributed by atoms with E-state index in [1.54, 1.807) is 6.07 Å². The van der Waals surface area contributed by atoms with Crippen molar-refractivity contribution >= 4 is 44.8 Å². The minimum absolute atomic E-state index is 0.336. The Kier molecular flexibility index (Phi) is 7.30. The Balaban J connectivity index is 1.39. The zero-order valence-corrected chi connectivity index (χ0v) is 22.0. The lowest BCUT2D eigenvalue weighted by Crippen LogP contribution is -2.47. The summed E-state index contributed by atoms with van der Waals surface area (Å²) >= 11 is 6.28. The van der Waals surface area contributed by atoms with Gasteiger partial charge < -0.3 is 15.3 Å². The van der Waals surface area contributed by atoms with Gasteiger partial charge >= 0.3 is 0 Å². The van der Waals surface area contributed by atoms with Crippen LogP contribution in [-0.2, 0) is 6.54 Å². The SMILES string of the molecule is Cc1ccc2nc3cc(Cl)ccc3c(Nc3ccc(O)c(CN4CCN(CCN(C)C)CC4)c3)c2c1. The quantitative estimate of drug-likeness (QED) is 0.257. The van der Waals surface area contributed by atoms with Gasteiger partial charge in [0.25, 0.3) is 0 Å². The van der Waals surface area contributed by atoms with Crippen molar-refractivity contribution < 1.29 is 5.11 Å². The van der Waals surface area contributed by atoms with Crippen LogP contribution in [0.1, 0.15) is 11.1 Å². The van der Waals surface area contributed by atoms with E-state index in [9.17, 15) is 5.11 Å². The van der Waals surface area contributed by atoms with Crippen molar-refractivity contribution in [3.63, 3.8) is 0 Å². The van der Waals surface area contributed by atoms with E-state index in [2.05, 4.69) is 65.3 Å². The maximum Gasteiger partial charge on any atom is 0.120 e. The van der Waals surface area contributed by atoms with E-state index in [1.165, 1.54) is 5.56 Å². The topological polar surface area (TPSA) is 54.9 Å². The first-order valence-corrected chi connectivity index (χ1v) is 12.9. The summed E-state index contributed by atoms with van der Waals surface area (Å²) in [6.45, 7) is 9.13. The van der Waals surface area contributed by atoms with Gasteiger partial charge in [-0.1, -0.05) is 23.2 Å². The molecule has 4 aromatic rings. The first-order chi connectivity index (χ1) is 17.4. The van der Waals surface area contributed by atoms with Crippen molar-refractivity contribution in [2.24, 2.45) is 0 Å². The molecule has 6 nitrogen and oxygen atoms in total. The van der Waals surface area contributed by atoms with Crippen molar-refractivity contribution in [2.75, 3.05) is 58.7 Å². The van der Waals surface area contributed by atoms with Crippen molar-refractivity contribution in [3.05, 3.63) is 70.7 Å². The average Bonchev–Trinajstić information content (AvgIpc) is 2.85. The molecule has 3 aromatic carbocycles. The lowest BCUT2D eigenvalue weighted by molar-refractivity contribution is 0.120. The third-order valence-electron chi connectivity index (χ3n) is 6.96. The summed E-state index contributed by atoms with van der Waals surface area (Å²) in [6, 6.07) is 17.9. The zero-order valence-electron chi connectivity index (χ0n) is 21.3. The number of aromatic nitrogens is 1. The highest BCUT2D eigenvalue weighted by atomic mass is 35.5. The molecule has 1 aliphatic rings. The Labute approximate surface area is 218 Å². The molecular weight excluding hydrogens is 470 g/mol. The Hall–Kier alpha value is -2.90. The number of phenols is 1. The van der Waals surface area contributed by atoms with Crippen LogP contribution in [0.25, 0.3) is 21.8 Å². The normalized spacial score (nSPS) is 15.2. The van der Waals surface area contributed by atoms with Gasteiger partial charge in [0.15, 0.2) is 0 Å². The summed E-state index contributed by atoms with van der Waals surface area (Å²) in [5.74, 6) is 0.336. The maximum absolute atomic E-state index is 10.6. The van der Waals surface area contributed by atoms with Crippen molar-refractivity contribution in [1.29, 1.82) is 0 Å². The van der Waals surface area contributed by atoms with Crippen molar-refractivity contribution in [3.8, 4) is 5.75 Å². The highest BCUT2D eigenvalue weighted by Crippen LogP contribution is 2.35. The van der Waals surface area contributed by atoms with E-state index in [0.29, 0.717) is 10.8 Å². The van der Waals surface area contributed by atoms with Gasteiger partial charge in [-0.05, 0) is 69.6 Å². The van der Waals surface area contributed by atoms with Gasteiger partial charge in [0.05, 0.1) is 16.7 Å². The molecule has 0 bridgehead atoms. The van der Waals surface area contributed by atoms with Crippen LogP contribution < -0.4 is 5.32 Å². The van der Waals surface area contributed by atoms with Crippen LogP contribution in [0.5, 0.6) is 5.75 Å². The number of nitrogens with one attached hydrogen (secondary N) is 1. The molecule has 0 spiro atoms. The van der Waals surface area contributed by atoms with Crippen molar-refractivity contribution in [2.45, 2.75) is 13.5 Å². The van der Waals surface area contributed by atoms with E-state index in [1.807, 2.05) is 24.3 Å². The van der Waals surface area contributed by atoms with E-state index in [-0.39, 0.29) is 0 Å². The summed E-state index contributed by atoms with van der Waals surface area (Å²) in [7, 11) is 4.24. The Morgan fingerprint density at radius 1 is 0.917 bits per heavy atom. The molecule has 1 fully saturated rings. The molecule has 0 aliphatic carbocycles. The number of rotatable bonds is 7. The highest BCUT2D eigenvalue weighted by molar-refractivity contribution is 6.31. The molecule has 5 rings (SSSR count). The Bertz CT molecular complexity index is 1380. The average molecular weight is 504 g/mol. The molecule has 0 amide bonds. The van der Waals surface area contributed by atoms with Crippen LogP contribution in [0.3, 0.4) is 0 Å². The molecule has 36 heavy (non-hydrogen) atoms. The Morgan fingerprint density at radius 3 is 2.47 bits per heavy atom. The minimum Gasteiger partial charge on any atom is -0.508 e. The number of piperazine rings is 1. The number of hydrogen-bond acceptors (Lipinski definition) is 6. The van der Waals surface area contributed by atoms with Gasteiger partial charge in [-0.2, -0.15) is 0 Å². The number of benzene rings is 3. The predicted molar refractivity (Wildman–Crippen MR) is 151 cm³/mol. The number of aromatic hydroxyl groups is 1. The molecule has 1 aromatic heterocycles. The van der Waals surface area contributed by atoms with Crippen LogP contribution in [0.15, 0.2) is 54.6 Å². The number of phenolic OH excluding ortho intramolecular Hbond substituents is 1. The van der Waals surface area contributed by atoms with Crippen LogP contribution in [0.4, 0.5) is 11.4 Å². The summed E-state index contributed by atoms with van der Waals surface area (Å²) in [4.78, 5) is 12.0. The van der Waals surface area contributed by atoms with Gasteiger partial charge in [0.1, 0.15) is 5.75 Å². The van der Waals surface area contributed by atoms with Gasteiger partial charge in [0.2, 0.25) is 0 Å². The van der Waals surface area contributed by atoms with Gasteiger partial charge in [-0.25, -0.2) is 4.98 Å². The lowest BCUT2D eigenvalue weighted by Gasteiger charge is -2.35. The number of likely N-dealkylation sites (N-methyl/N-ethyl adjacent to an activating group) is 1. The molecule has 2 N–H and O–H groups in total.